The lowest BCUT2D eigenvalue weighted by molar-refractivity contribution is 0.0564. The Morgan fingerprint density at radius 3 is 1.94 bits per heavy atom. The Bertz CT molecular complexity index is 2290. The Labute approximate surface area is 287 Å². The second kappa shape index (κ2) is 13.4. The lowest BCUT2D eigenvalue weighted by Gasteiger charge is -2.36. The molecule has 1 unspecified atom stereocenters. The summed E-state index contributed by atoms with van der Waals surface area (Å²) in [6.45, 7) is 0. The molecule has 10 heteroatoms. The smallest absolute Gasteiger partial charge is 0.399 e. The zero-order valence-corrected chi connectivity index (χ0v) is 27.6. The van der Waals surface area contributed by atoms with Gasteiger partial charge in [-0.3, -0.25) is 4.57 Å². The summed E-state index contributed by atoms with van der Waals surface area (Å²) in [7, 11) is -5.72. The van der Waals surface area contributed by atoms with Gasteiger partial charge in [0.2, 0.25) is 0 Å². The average molecular weight is 688 g/mol. The molecule has 7 nitrogen and oxygen atoms in total. The maximum Gasteiger partial charge on any atom is 0.399 e. The molecule has 0 saturated heterocycles. The van der Waals surface area contributed by atoms with Crippen molar-refractivity contribution < 1.29 is 27.9 Å². The average Bonchev–Trinajstić information content (AvgIpc) is 3.57. The van der Waals surface area contributed by atoms with E-state index in [-0.39, 0.29) is 0 Å². The van der Waals surface area contributed by atoms with E-state index < -0.39 is 24.4 Å². The second-order valence-electron chi connectivity index (χ2n) is 12.2. The summed E-state index contributed by atoms with van der Waals surface area (Å²) < 4.78 is 48.8. The predicted molar refractivity (Wildman–Crippen MR) is 189 cm³/mol. The topological polar surface area (TPSA) is 97.5 Å². The van der Waals surface area contributed by atoms with E-state index in [1.54, 1.807) is 0 Å². The second-order valence-corrected chi connectivity index (χ2v) is 13.8. The fourth-order valence-electron chi connectivity index (χ4n) is 6.36. The zero-order valence-electron chi connectivity index (χ0n) is 26.7. The van der Waals surface area contributed by atoms with Crippen LogP contribution < -0.4 is 4.74 Å². The number of rotatable bonds is 11. The molecule has 0 radical (unpaired) electrons. The highest BCUT2D eigenvalue weighted by Crippen LogP contribution is 2.59. The fourth-order valence-corrected chi connectivity index (χ4v) is 6.85. The summed E-state index contributed by atoms with van der Waals surface area (Å²) in [5.74, 6) is 1.45. The standard InChI is InChI=1S/C40H32F2N3O4P/c41-40(42,50(46,47)48)34-23-21-29(22-24-34)27-39(33-14-3-1-4-15-33,45-38-20-8-7-19-37(38)43-44-45)28-30-11-9-12-31(25-30)32-13-10-18-36(26-32)49-35-16-5-2-6-17-35/h1-26H,27-28H2,(H2,46,47,48). The third-order valence-electron chi connectivity index (χ3n) is 8.80. The summed E-state index contributed by atoms with van der Waals surface area (Å²) >= 11 is 0. The zero-order chi connectivity index (χ0) is 34.8. The molecule has 6 aromatic carbocycles. The van der Waals surface area contributed by atoms with E-state index in [4.69, 9.17) is 4.74 Å². The van der Waals surface area contributed by atoms with Crippen LogP contribution in [0.15, 0.2) is 158 Å². The van der Waals surface area contributed by atoms with Crippen molar-refractivity contribution in [3.63, 3.8) is 0 Å². The van der Waals surface area contributed by atoms with Crippen molar-refractivity contribution in [2.45, 2.75) is 24.0 Å². The van der Waals surface area contributed by atoms with Crippen LogP contribution in [0.1, 0.15) is 22.3 Å². The molecule has 0 amide bonds. The first-order valence-corrected chi connectivity index (χ1v) is 17.6. The van der Waals surface area contributed by atoms with E-state index in [1.165, 1.54) is 12.1 Å². The molecule has 0 aliphatic rings. The molecule has 1 atom stereocenters. The molecule has 0 saturated carbocycles. The Balaban J connectivity index is 1.33. The third kappa shape index (κ3) is 6.59. The van der Waals surface area contributed by atoms with Crippen LogP contribution in [-0.4, -0.2) is 24.8 Å². The Morgan fingerprint density at radius 2 is 1.22 bits per heavy atom. The van der Waals surface area contributed by atoms with Crippen LogP contribution >= 0.6 is 7.60 Å². The SMILES string of the molecule is O=P(O)(O)C(F)(F)c1ccc(CC(Cc2cccc(-c3cccc(Oc4ccccc4)c3)c2)(c2ccccc2)n2nnc3ccccc32)cc1. The molecule has 0 spiro atoms. The van der Waals surface area contributed by atoms with Gasteiger partial charge in [-0.25, -0.2) is 4.68 Å². The first-order chi connectivity index (χ1) is 24.1. The summed E-state index contributed by atoms with van der Waals surface area (Å²) in [5, 5.41) is 9.17. The molecular weight excluding hydrogens is 655 g/mol. The molecule has 7 aromatic rings. The highest BCUT2D eigenvalue weighted by molar-refractivity contribution is 7.52. The van der Waals surface area contributed by atoms with Crippen molar-refractivity contribution in [1.29, 1.82) is 0 Å². The minimum atomic E-state index is -5.72. The Kier molecular flexibility index (Phi) is 8.89. The van der Waals surface area contributed by atoms with E-state index in [0.717, 1.165) is 45.7 Å². The number of alkyl halides is 2. The van der Waals surface area contributed by atoms with Crippen molar-refractivity contribution in [3.8, 4) is 22.6 Å². The number of fused-ring (bicyclic) bond motifs is 1. The van der Waals surface area contributed by atoms with Crippen LogP contribution in [0, 0.1) is 0 Å². The quantitative estimate of drug-likeness (QED) is 0.132. The number of aromatic nitrogens is 3. The van der Waals surface area contributed by atoms with Gasteiger partial charge in [0.25, 0.3) is 0 Å². The number of halogens is 2. The van der Waals surface area contributed by atoms with Crippen LogP contribution in [0.3, 0.4) is 0 Å². The largest absolute Gasteiger partial charge is 0.457 e. The van der Waals surface area contributed by atoms with Crippen LogP contribution in [0.5, 0.6) is 11.5 Å². The minimum Gasteiger partial charge on any atom is -0.457 e. The van der Waals surface area contributed by atoms with Gasteiger partial charge >= 0.3 is 13.3 Å². The number of ether oxygens (including phenoxy) is 1. The van der Waals surface area contributed by atoms with E-state index in [1.807, 2.05) is 132 Å². The maximum atomic E-state index is 14.6. The van der Waals surface area contributed by atoms with Crippen molar-refractivity contribution in [2.24, 2.45) is 0 Å². The molecule has 0 bridgehead atoms. The van der Waals surface area contributed by atoms with Crippen LogP contribution in [0.25, 0.3) is 22.2 Å². The summed E-state index contributed by atoms with van der Waals surface area (Å²) in [5.41, 5.74) is 0.0622. The molecule has 50 heavy (non-hydrogen) atoms. The van der Waals surface area contributed by atoms with Crippen molar-refractivity contribution >= 4 is 18.6 Å². The fraction of sp³-hybridized carbons (Fsp3) is 0.100. The molecule has 1 heterocycles. The molecule has 1 aromatic heterocycles. The molecule has 7 rings (SSSR count). The van der Waals surface area contributed by atoms with Gasteiger partial charge in [-0.1, -0.05) is 127 Å². The first kappa shape index (κ1) is 33.0. The monoisotopic (exact) mass is 687 g/mol. The van der Waals surface area contributed by atoms with Crippen molar-refractivity contribution in [2.75, 3.05) is 0 Å². The number of hydrogen-bond acceptors (Lipinski definition) is 4. The highest BCUT2D eigenvalue weighted by atomic mass is 31.2. The molecular formula is C40H32F2N3O4P. The molecule has 0 aliphatic carbocycles. The first-order valence-electron chi connectivity index (χ1n) is 15.9. The Morgan fingerprint density at radius 1 is 0.620 bits per heavy atom. The van der Waals surface area contributed by atoms with Crippen LogP contribution in [-0.2, 0) is 28.6 Å². The number of para-hydroxylation sites is 2. The van der Waals surface area contributed by atoms with Gasteiger partial charge in [0.05, 0.1) is 11.1 Å². The normalized spacial score (nSPS) is 13.2. The van der Waals surface area contributed by atoms with Gasteiger partial charge in [0, 0.05) is 18.4 Å². The van der Waals surface area contributed by atoms with Crippen LogP contribution in [0.4, 0.5) is 8.78 Å². The minimum absolute atomic E-state index is 0.302. The molecule has 2 N–H and O–H groups in total. The summed E-state index contributed by atoms with van der Waals surface area (Å²) in [6.07, 6.45) is 0.746. The van der Waals surface area contributed by atoms with Gasteiger partial charge < -0.3 is 14.5 Å². The number of benzene rings is 6. The van der Waals surface area contributed by atoms with E-state index in [2.05, 4.69) is 16.4 Å². The van der Waals surface area contributed by atoms with E-state index in [9.17, 15) is 23.1 Å². The Hall–Kier alpha value is -5.47. The number of hydrogen-bond donors (Lipinski definition) is 2. The van der Waals surface area contributed by atoms with Crippen molar-refractivity contribution in [3.05, 3.63) is 180 Å². The van der Waals surface area contributed by atoms with Gasteiger partial charge in [0.15, 0.2) is 0 Å². The lowest BCUT2D eigenvalue weighted by atomic mass is 9.78. The van der Waals surface area contributed by atoms with Gasteiger partial charge in [-0.05, 0) is 64.2 Å². The predicted octanol–water partition coefficient (Wildman–Crippen LogP) is 9.35. The van der Waals surface area contributed by atoms with Gasteiger partial charge in [0.1, 0.15) is 17.0 Å². The van der Waals surface area contributed by atoms with E-state index >= 15 is 0 Å². The molecule has 250 valence electrons. The van der Waals surface area contributed by atoms with Crippen molar-refractivity contribution in [1.82, 2.24) is 15.0 Å². The third-order valence-corrected chi connectivity index (χ3v) is 9.79. The van der Waals surface area contributed by atoms with E-state index in [0.29, 0.717) is 29.7 Å². The lowest BCUT2D eigenvalue weighted by Crippen LogP contribution is -2.40. The maximum absolute atomic E-state index is 14.6. The highest BCUT2D eigenvalue weighted by Gasteiger charge is 2.50. The molecule has 0 aliphatic heterocycles. The number of nitrogens with zero attached hydrogens (tertiary/aromatic N) is 3. The van der Waals surface area contributed by atoms with Gasteiger partial charge in [-0.15, -0.1) is 5.10 Å². The summed E-state index contributed by atoms with van der Waals surface area (Å²) in [6, 6.07) is 48.3. The van der Waals surface area contributed by atoms with Gasteiger partial charge in [-0.2, -0.15) is 8.78 Å². The molecule has 0 fully saturated rings. The summed E-state index contributed by atoms with van der Waals surface area (Å²) in [4.78, 5) is 18.6. The van der Waals surface area contributed by atoms with Crippen LogP contribution in [0.2, 0.25) is 0 Å².